The van der Waals surface area contributed by atoms with Crippen molar-refractivity contribution in [3.8, 4) is 22.5 Å². The van der Waals surface area contributed by atoms with Crippen LogP contribution in [0.5, 0.6) is 0 Å². The van der Waals surface area contributed by atoms with Gasteiger partial charge in [-0.1, -0.05) is 29.5 Å². The number of sulfone groups is 1. The first-order chi connectivity index (χ1) is 17.1. The first-order valence-corrected chi connectivity index (χ1v) is 14.7. The number of sulfonamides is 1. The van der Waals surface area contributed by atoms with Crippen molar-refractivity contribution in [1.29, 1.82) is 0 Å². The van der Waals surface area contributed by atoms with Crippen molar-refractivity contribution in [3.05, 3.63) is 30.3 Å². The monoisotopic (exact) mass is 552 g/mol. The summed E-state index contributed by atoms with van der Waals surface area (Å²) >= 11 is 1.26. The Morgan fingerprint density at radius 2 is 1.92 bits per heavy atom. The van der Waals surface area contributed by atoms with Crippen LogP contribution in [0.25, 0.3) is 32.7 Å². The van der Waals surface area contributed by atoms with Gasteiger partial charge in [0.25, 0.3) is 0 Å². The Bertz CT molecular complexity index is 1590. The maximum absolute atomic E-state index is 13.3. The summed E-state index contributed by atoms with van der Waals surface area (Å²) in [6.07, 6.45) is 0.243. The van der Waals surface area contributed by atoms with Crippen molar-refractivity contribution in [1.82, 2.24) is 30.9 Å². The number of anilines is 1. The molecule has 0 unspecified atom stereocenters. The molecule has 192 valence electrons. The minimum Gasteiger partial charge on any atom is -0.383 e. The normalized spacial score (nSPS) is 12.4. The molecule has 13 nitrogen and oxygen atoms in total. The number of aromatic nitrogens is 5. The minimum absolute atomic E-state index is 0.0929. The molecule has 6 N–H and O–H groups in total. The number of primary sulfonamides is 1. The highest BCUT2D eigenvalue weighted by atomic mass is 32.2. The zero-order valence-corrected chi connectivity index (χ0v) is 21.6. The van der Waals surface area contributed by atoms with Crippen molar-refractivity contribution < 1.29 is 21.6 Å². The minimum atomic E-state index is -4.57. The van der Waals surface area contributed by atoms with E-state index in [1.807, 2.05) is 6.07 Å². The van der Waals surface area contributed by atoms with E-state index in [0.717, 1.165) is 4.70 Å². The number of fused-ring (bicyclic) bond motifs is 1. The highest BCUT2D eigenvalue weighted by Crippen LogP contribution is 2.42. The molecule has 4 aromatic rings. The maximum Gasteiger partial charge on any atom is 0.240 e. The molecule has 0 amide bonds. The van der Waals surface area contributed by atoms with E-state index in [2.05, 4.69) is 30.9 Å². The summed E-state index contributed by atoms with van der Waals surface area (Å²) in [4.78, 5) is 3.33. The van der Waals surface area contributed by atoms with E-state index in [9.17, 15) is 16.8 Å². The zero-order valence-electron chi connectivity index (χ0n) is 19.1. The fourth-order valence-electron chi connectivity index (χ4n) is 3.78. The third-order valence-electron chi connectivity index (χ3n) is 5.29. The standard InChI is InChI=1S/C20H24N8O5S3/c1-33-10-9-23-8-3-11-35(29,30)15-7-6-12(13-4-2-5-14-17(13)24-20(21)34-14)16(18(15)36(22,31)32)19-25-27-28-26-19/h2,4-7,23H,3,8-11H2,1H3,(H2,21,24)(H2,22,31,32)(H,25,26,27,28). The number of H-pyrrole nitrogens is 1. The second-order valence-corrected chi connectivity index (χ2v) is 12.4. The zero-order chi connectivity index (χ0) is 25.9. The molecule has 0 aliphatic rings. The summed E-state index contributed by atoms with van der Waals surface area (Å²) in [6, 6.07) is 8.02. The number of benzene rings is 2. The first-order valence-electron chi connectivity index (χ1n) is 10.6. The lowest BCUT2D eigenvalue weighted by Gasteiger charge is -2.16. The van der Waals surface area contributed by atoms with Gasteiger partial charge in [0, 0.05) is 19.2 Å². The van der Waals surface area contributed by atoms with Gasteiger partial charge in [0.2, 0.25) is 15.8 Å². The predicted octanol–water partition coefficient (Wildman–Crippen LogP) is 0.773. The number of methoxy groups -OCH3 is 1. The van der Waals surface area contributed by atoms with Crippen LogP contribution in [-0.4, -0.2) is 75.0 Å². The number of thiazole rings is 1. The Morgan fingerprint density at radius 1 is 1.11 bits per heavy atom. The number of hydrogen-bond donors (Lipinski definition) is 4. The van der Waals surface area contributed by atoms with Gasteiger partial charge >= 0.3 is 0 Å². The van der Waals surface area contributed by atoms with Gasteiger partial charge < -0.3 is 15.8 Å². The number of tetrazole rings is 1. The van der Waals surface area contributed by atoms with E-state index in [0.29, 0.717) is 41.5 Å². The Morgan fingerprint density at radius 3 is 2.61 bits per heavy atom. The highest BCUT2D eigenvalue weighted by Gasteiger charge is 2.32. The van der Waals surface area contributed by atoms with Crippen LogP contribution in [0.4, 0.5) is 5.13 Å². The smallest absolute Gasteiger partial charge is 0.240 e. The largest absolute Gasteiger partial charge is 0.383 e. The van der Waals surface area contributed by atoms with Gasteiger partial charge in [0.1, 0.15) is 4.90 Å². The molecule has 0 saturated carbocycles. The number of nitrogens with zero attached hydrogens (tertiary/aromatic N) is 4. The van der Waals surface area contributed by atoms with Crippen molar-refractivity contribution in [2.24, 2.45) is 5.14 Å². The fourth-order valence-corrected chi connectivity index (χ4v) is 7.51. The highest BCUT2D eigenvalue weighted by molar-refractivity contribution is 7.93. The number of nitrogens with one attached hydrogen (secondary N) is 2. The number of aromatic amines is 1. The van der Waals surface area contributed by atoms with E-state index in [1.54, 1.807) is 19.2 Å². The maximum atomic E-state index is 13.3. The summed E-state index contributed by atoms with van der Waals surface area (Å²) in [7, 11) is -7.07. The van der Waals surface area contributed by atoms with E-state index in [4.69, 9.17) is 15.6 Å². The molecule has 0 radical (unpaired) electrons. The van der Waals surface area contributed by atoms with Crippen LogP contribution in [0, 0.1) is 0 Å². The Labute approximate surface area is 211 Å². The summed E-state index contributed by atoms with van der Waals surface area (Å²) in [5.41, 5.74) is 7.15. The summed E-state index contributed by atoms with van der Waals surface area (Å²) < 4.78 is 58.1. The number of rotatable bonds is 11. The molecular formula is C20H24N8O5S3. The summed E-state index contributed by atoms with van der Waals surface area (Å²) in [6.45, 7) is 1.44. The first kappa shape index (κ1) is 26.1. The fraction of sp³-hybridized carbons (Fsp3) is 0.300. The Balaban J connectivity index is 1.89. The SMILES string of the molecule is COCCNCCCS(=O)(=O)c1ccc(-c2cccc3sc(N)nc23)c(-c2nn[nH]n2)c1S(N)(=O)=O. The van der Waals surface area contributed by atoms with Crippen molar-refractivity contribution in [2.45, 2.75) is 16.2 Å². The third kappa shape index (κ3) is 5.37. The molecule has 0 aliphatic carbocycles. The molecule has 0 atom stereocenters. The van der Waals surface area contributed by atoms with Crippen LogP contribution in [0.3, 0.4) is 0 Å². The Hall–Kier alpha value is -3.02. The van der Waals surface area contributed by atoms with Gasteiger partial charge in [-0.05, 0) is 35.9 Å². The molecule has 0 aliphatic heterocycles. The van der Waals surface area contributed by atoms with Crippen LogP contribution in [0.2, 0.25) is 0 Å². The topological polar surface area (TPSA) is 209 Å². The number of ether oxygens (including phenoxy) is 1. The van der Waals surface area contributed by atoms with Gasteiger partial charge in [-0.2, -0.15) is 5.21 Å². The van der Waals surface area contributed by atoms with Gasteiger partial charge in [-0.15, -0.1) is 10.2 Å². The third-order valence-corrected chi connectivity index (χ3v) is 9.09. The van der Waals surface area contributed by atoms with Crippen LogP contribution < -0.4 is 16.2 Å². The lowest BCUT2D eigenvalue weighted by atomic mass is 9.98. The number of nitrogens with two attached hydrogens (primary N) is 2. The van der Waals surface area contributed by atoms with Crippen LogP contribution in [0.1, 0.15) is 6.42 Å². The number of para-hydroxylation sites is 1. The molecule has 0 saturated heterocycles. The average Bonchev–Trinajstić information content (AvgIpc) is 3.48. The molecule has 2 heterocycles. The predicted molar refractivity (Wildman–Crippen MR) is 135 cm³/mol. The van der Waals surface area contributed by atoms with Crippen LogP contribution in [0.15, 0.2) is 40.1 Å². The average molecular weight is 553 g/mol. The lowest BCUT2D eigenvalue weighted by molar-refractivity contribution is 0.199. The second kappa shape index (κ2) is 10.5. The molecule has 0 spiro atoms. The Kier molecular flexibility index (Phi) is 7.62. The molecule has 0 fully saturated rings. The molecule has 2 aromatic heterocycles. The molecule has 16 heteroatoms. The van der Waals surface area contributed by atoms with Crippen molar-refractivity contribution in [3.63, 3.8) is 0 Å². The van der Waals surface area contributed by atoms with E-state index < -0.39 is 29.7 Å². The molecule has 2 aromatic carbocycles. The van der Waals surface area contributed by atoms with Gasteiger partial charge in [0.15, 0.2) is 15.0 Å². The van der Waals surface area contributed by atoms with Crippen molar-refractivity contribution >= 4 is 46.5 Å². The van der Waals surface area contributed by atoms with Crippen LogP contribution in [-0.2, 0) is 24.6 Å². The van der Waals surface area contributed by atoms with Gasteiger partial charge in [-0.25, -0.2) is 27.0 Å². The van der Waals surface area contributed by atoms with E-state index >= 15 is 0 Å². The quantitative estimate of drug-likeness (QED) is 0.191. The lowest BCUT2D eigenvalue weighted by Crippen LogP contribution is -2.24. The number of hydrogen-bond acceptors (Lipinski definition) is 12. The summed E-state index contributed by atoms with van der Waals surface area (Å²) in [5.74, 6) is -0.439. The van der Waals surface area contributed by atoms with E-state index in [-0.39, 0.29) is 23.6 Å². The molecule has 36 heavy (non-hydrogen) atoms. The second-order valence-electron chi connectivity index (χ2n) is 7.72. The van der Waals surface area contributed by atoms with Gasteiger partial charge in [-0.3, -0.25) is 0 Å². The van der Waals surface area contributed by atoms with E-state index in [1.165, 1.54) is 23.5 Å². The van der Waals surface area contributed by atoms with Gasteiger partial charge in [0.05, 0.1) is 33.0 Å². The van der Waals surface area contributed by atoms with Crippen LogP contribution >= 0.6 is 11.3 Å². The molecular weight excluding hydrogens is 528 g/mol. The molecule has 4 rings (SSSR count). The van der Waals surface area contributed by atoms with Crippen molar-refractivity contribution in [2.75, 3.05) is 38.3 Å². The number of nitrogen functional groups attached to an aromatic ring is 1. The molecule has 0 bridgehead atoms. The summed E-state index contributed by atoms with van der Waals surface area (Å²) in [5, 5.41) is 22.6.